The molecule has 2 rings (SSSR count). The van der Waals surface area contributed by atoms with Crippen LogP contribution < -0.4 is 4.90 Å². The Labute approximate surface area is 111 Å². The maximum Gasteiger partial charge on any atom is 0.259 e. The van der Waals surface area contributed by atoms with Crippen LogP contribution in [0.4, 0.5) is 5.69 Å². The Hall–Kier alpha value is -2.67. The van der Waals surface area contributed by atoms with Gasteiger partial charge in [0.1, 0.15) is 0 Å². The molecule has 0 radical (unpaired) electrons. The highest BCUT2D eigenvalue weighted by molar-refractivity contribution is 6.05. The molecular weight excluding hydrogens is 238 g/mol. The Kier molecular flexibility index (Phi) is 3.58. The number of carbonyl (C=O) groups excluding carboxylic acids is 1. The first-order valence-corrected chi connectivity index (χ1v) is 5.82. The summed E-state index contributed by atoms with van der Waals surface area (Å²) >= 11 is 0. The minimum atomic E-state index is -0.128. The predicted molar refractivity (Wildman–Crippen MR) is 72.9 cm³/mol. The van der Waals surface area contributed by atoms with Gasteiger partial charge in [0.25, 0.3) is 5.91 Å². The van der Waals surface area contributed by atoms with Crippen LogP contribution in [0.15, 0.2) is 42.6 Å². The summed E-state index contributed by atoms with van der Waals surface area (Å²) in [5.74, 6) is -0.128. The Morgan fingerprint density at radius 1 is 1.21 bits per heavy atom. The van der Waals surface area contributed by atoms with Gasteiger partial charge in [0.2, 0.25) is 0 Å². The Bertz CT molecular complexity index is 624. The van der Waals surface area contributed by atoms with Gasteiger partial charge in [-0.15, -0.1) is 0 Å². The number of benzene rings is 1. The Morgan fingerprint density at radius 3 is 2.42 bits per heavy atom. The van der Waals surface area contributed by atoms with Crippen LogP contribution in [0.1, 0.15) is 21.6 Å². The van der Waals surface area contributed by atoms with Crippen molar-refractivity contribution in [2.45, 2.75) is 6.92 Å². The Morgan fingerprint density at radius 2 is 1.89 bits per heavy atom. The number of nitrogens with zero attached hydrogens (tertiary/aromatic N) is 3. The first-order chi connectivity index (χ1) is 9.11. The fourth-order valence-corrected chi connectivity index (χ4v) is 1.66. The third-order valence-corrected chi connectivity index (χ3v) is 2.85. The first-order valence-electron chi connectivity index (χ1n) is 5.82. The van der Waals surface area contributed by atoms with Crippen LogP contribution in [0.3, 0.4) is 0 Å². The quantitative estimate of drug-likeness (QED) is 0.824. The average Bonchev–Trinajstić information content (AvgIpc) is 2.46. The molecule has 0 aliphatic carbocycles. The fraction of sp³-hybridized carbons (Fsp3) is 0.133. The third kappa shape index (κ3) is 2.78. The zero-order valence-electron chi connectivity index (χ0n) is 10.8. The number of rotatable bonds is 2. The van der Waals surface area contributed by atoms with Crippen LogP contribution in [0.25, 0.3) is 0 Å². The molecule has 1 amide bonds. The second-order valence-electron chi connectivity index (χ2n) is 4.21. The van der Waals surface area contributed by atoms with Gasteiger partial charge < -0.3 is 4.90 Å². The van der Waals surface area contributed by atoms with Crippen LogP contribution in [0.2, 0.25) is 0 Å². The molecule has 0 bridgehead atoms. The largest absolute Gasteiger partial charge is 0.311 e. The van der Waals surface area contributed by atoms with E-state index in [1.54, 1.807) is 49.6 Å². The summed E-state index contributed by atoms with van der Waals surface area (Å²) in [6.45, 7) is 1.87. The number of aromatic nitrogens is 1. The van der Waals surface area contributed by atoms with Crippen LogP contribution >= 0.6 is 0 Å². The van der Waals surface area contributed by atoms with Gasteiger partial charge in [0, 0.05) is 24.6 Å². The number of pyridine rings is 1. The smallest absolute Gasteiger partial charge is 0.259 e. The van der Waals surface area contributed by atoms with Gasteiger partial charge in [0.15, 0.2) is 0 Å². The molecule has 0 aliphatic rings. The van der Waals surface area contributed by atoms with Gasteiger partial charge in [-0.3, -0.25) is 9.78 Å². The number of carbonyl (C=O) groups is 1. The standard InChI is InChI=1S/C15H13N3O/c1-11-3-6-13(10-17-11)15(19)18(2)14-7-4-12(9-16)5-8-14/h3-8,10H,1-2H3. The molecule has 0 saturated carbocycles. The topological polar surface area (TPSA) is 57.0 Å². The van der Waals surface area contributed by atoms with Gasteiger partial charge in [-0.05, 0) is 43.3 Å². The molecule has 0 atom stereocenters. The number of aryl methyl sites for hydroxylation is 1. The number of nitriles is 1. The zero-order valence-corrected chi connectivity index (χ0v) is 10.8. The number of anilines is 1. The molecule has 94 valence electrons. The van der Waals surface area contributed by atoms with Crippen molar-refractivity contribution >= 4 is 11.6 Å². The molecule has 0 aliphatic heterocycles. The van der Waals surface area contributed by atoms with Crippen molar-refractivity contribution in [3.63, 3.8) is 0 Å². The van der Waals surface area contributed by atoms with Gasteiger partial charge in [-0.25, -0.2) is 0 Å². The SMILES string of the molecule is Cc1ccc(C(=O)N(C)c2ccc(C#N)cc2)cn1. The van der Waals surface area contributed by atoms with Crippen molar-refractivity contribution in [1.82, 2.24) is 4.98 Å². The van der Waals surface area contributed by atoms with Crippen LogP contribution in [0, 0.1) is 18.3 Å². The van der Waals surface area contributed by atoms with Crippen molar-refractivity contribution in [2.75, 3.05) is 11.9 Å². The van der Waals surface area contributed by atoms with Crippen LogP contribution in [-0.4, -0.2) is 17.9 Å². The summed E-state index contributed by atoms with van der Waals surface area (Å²) in [5.41, 5.74) is 2.72. The van der Waals surface area contributed by atoms with Gasteiger partial charge in [0.05, 0.1) is 17.2 Å². The molecule has 4 nitrogen and oxygen atoms in total. The summed E-state index contributed by atoms with van der Waals surface area (Å²) in [5, 5.41) is 8.74. The van der Waals surface area contributed by atoms with Gasteiger partial charge >= 0.3 is 0 Å². The highest BCUT2D eigenvalue weighted by atomic mass is 16.2. The first kappa shape index (κ1) is 12.8. The molecule has 0 spiro atoms. The summed E-state index contributed by atoms with van der Waals surface area (Å²) in [7, 11) is 1.70. The lowest BCUT2D eigenvalue weighted by Crippen LogP contribution is -2.26. The fourth-order valence-electron chi connectivity index (χ4n) is 1.66. The van der Waals surface area contributed by atoms with Crippen molar-refractivity contribution in [3.8, 4) is 6.07 Å². The second-order valence-corrected chi connectivity index (χ2v) is 4.21. The van der Waals surface area contributed by atoms with E-state index in [2.05, 4.69) is 4.98 Å². The number of hydrogen-bond acceptors (Lipinski definition) is 3. The Balaban J connectivity index is 2.23. The maximum absolute atomic E-state index is 12.2. The molecule has 0 saturated heterocycles. The van der Waals surface area contributed by atoms with E-state index in [1.165, 1.54) is 4.90 Å². The number of amides is 1. The summed E-state index contributed by atoms with van der Waals surface area (Å²) in [4.78, 5) is 17.9. The normalized spacial score (nSPS) is 9.74. The van der Waals surface area contributed by atoms with E-state index >= 15 is 0 Å². The molecule has 2 aromatic rings. The van der Waals surface area contributed by atoms with E-state index in [4.69, 9.17) is 5.26 Å². The molecule has 19 heavy (non-hydrogen) atoms. The lowest BCUT2D eigenvalue weighted by molar-refractivity contribution is 0.0992. The average molecular weight is 251 g/mol. The molecule has 1 aromatic heterocycles. The lowest BCUT2D eigenvalue weighted by atomic mass is 10.2. The zero-order chi connectivity index (χ0) is 13.8. The van der Waals surface area contributed by atoms with E-state index in [1.807, 2.05) is 13.0 Å². The summed E-state index contributed by atoms with van der Waals surface area (Å²) in [6, 6.07) is 12.5. The van der Waals surface area contributed by atoms with Gasteiger partial charge in [-0.2, -0.15) is 5.26 Å². The van der Waals surface area contributed by atoms with E-state index in [0.29, 0.717) is 11.1 Å². The lowest BCUT2D eigenvalue weighted by Gasteiger charge is -2.17. The third-order valence-electron chi connectivity index (χ3n) is 2.85. The van der Waals surface area contributed by atoms with Crippen molar-refractivity contribution in [1.29, 1.82) is 5.26 Å². The molecule has 4 heteroatoms. The van der Waals surface area contributed by atoms with E-state index < -0.39 is 0 Å². The highest BCUT2D eigenvalue weighted by Gasteiger charge is 2.13. The van der Waals surface area contributed by atoms with E-state index in [9.17, 15) is 4.79 Å². The highest BCUT2D eigenvalue weighted by Crippen LogP contribution is 2.16. The van der Waals surface area contributed by atoms with E-state index in [-0.39, 0.29) is 5.91 Å². The van der Waals surface area contributed by atoms with Gasteiger partial charge in [-0.1, -0.05) is 0 Å². The number of hydrogen-bond donors (Lipinski definition) is 0. The molecule has 1 aromatic carbocycles. The molecule has 0 N–H and O–H groups in total. The van der Waals surface area contributed by atoms with Crippen LogP contribution in [-0.2, 0) is 0 Å². The van der Waals surface area contributed by atoms with Crippen molar-refractivity contribution in [2.24, 2.45) is 0 Å². The van der Waals surface area contributed by atoms with Crippen molar-refractivity contribution in [3.05, 3.63) is 59.4 Å². The monoisotopic (exact) mass is 251 g/mol. The van der Waals surface area contributed by atoms with Crippen LogP contribution in [0.5, 0.6) is 0 Å². The van der Waals surface area contributed by atoms with Crippen molar-refractivity contribution < 1.29 is 4.79 Å². The molecule has 0 unspecified atom stereocenters. The summed E-state index contributed by atoms with van der Waals surface area (Å²) < 4.78 is 0. The summed E-state index contributed by atoms with van der Waals surface area (Å²) in [6.07, 6.45) is 1.57. The maximum atomic E-state index is 12.2. The second kappa shape index (κ2) is 5.32. The molecular formula is C15H13N3O. The minimum absolute atomic E-state index is 0.128. The molecule has 0 fully saturated rings. The molecule has 1 heterocycles. The minimum Gasteiger partial charge on any atom is -0.311 e. The van der Waals surface area contributed by atoms with E-state index in [0.717, 1.165) is 11.4 Å². The predicted octanol–water partition coefficient (Wildman–Crippen LogP) is 2.54.